The highest BCUT2D eigenvalue weighted by Gasteiger charge is 2.23. The van der Waals surface area contributed by atoms with Crippen LogP contribution in [0, 0.1) is 13.8 Å². The van der Waals surface area contributed by atoms with Gasteiger partial charge in [-0.2, -0.15) is 0 Å². The maximum absolute atomic E-state index is 13.1. The van der Waals surface area contributed by atoms with Crippen LogP contribution in [0.2, 0.25) is 0 Å². The minimum atomic E-state index is -0.630. The molecule has 0 bridgehead atoms. The molecule has 0 spiro atoms. The van der Waals surface area contributed by atoms with Gasteiger partial charge in [0.05, 0.1) is 11.7 Å². The van der Waals surface area contributed by atoms with Crippen molar-refractivity contribution < 1.29 is 4.79 Å². The Morgan fingerprint density at radius 3 is 2.81 bits per heavy atom. The van der Waals surface area contributed by atoms with Gasteiger partial charge in [-0.3, -0.25) is 14.2 Å². The van der Waals surface area contributed by atoms with Crippen LogP contribution in [0.15, 0.2) is 29.3 Å². The first-order valence-electron chi connectivity index (χ1n) is 9.35. The van der Waals surface area contributed by atoms with Gasteiger partial charge in [0, 0.05) is 10.6 Å². The van der Waals surface area contributed by atoms with E-state index >= 15 is 0 Å². The van der Waals surface area contributed by atoms with Crippen molar-refractivity contribution in [2.75, 3.05) is 5.32 Å². The fourth-order valence-electron chi connectivity index (χ4n) is 3.75. The molecule has 0 fully saturated rings. The third-order valence-corrected chi connectivity index (χ3v) is 6.54. The number of thiophene rings is 1. The Morgan fingerprint density at radius 2 is 2.04 bits per heavy atom. The fourth-order valence-corrected chi connectivity index (χ4v) is 4.97. The minimum absolute atomic E-state index is 0.109. The topological polar surface area (TPSA) is 64.0 Å². The van der Waals surface area contributed by atoms with Crippen molar-refractivity contribution in [2.24, 2.45) is 0 Å². The number of anilines is 1. The van der Waals surface area contributed by atoms with E-state index in [0.717, 1.165) is 46.5 Å². The van der Waals surface area contributed by atoms with Crippen LogP contribution in [-0.4, -0.2) is 15.5 Å². The number of aromatic nitrogens is 2. The van der Waals surface area contributed by atoms with Crippen molar-refractivity contribution in [1.82, 2.24) is 9.55 Å². The molecule has 1 aliphatic rings. The van der Waals surface area contributed by atoms with Gasteiger partial charge in [0.2, 0.25) is 5.91 Å². The summed E-state index contributed by atoms with van der Waals surface area (Å²) < 4.78 is 1.46. The molecule has 4 rings (SSSR count). The van der Waals surface area contributed by atoms with E-state index < -0.39 is 6.04 Å². The number of hydrogen-bond donors (Lipinski definition) is 1. The van der Waals surface area contributed by atoms with Gasteiger partial charge in [0.15, 0.2) is 0 Å². The van der Waals surface area contributed by atoms with Gasteiger partial charge in [-0.25, -0.2) is 4.98 Å². The molecule has 2 aromatic heterocycles. The number of benzene rings is 1. The molecule has 3 aromatic rings. The molecule has 6 heteroatoms. The maximum atomic E-state index is 13.1. The predicted octanol–water partition coefficient (Wildman–Crippen LogP) is 4.15. The van der Waals surface area contributed by atoms with E-state index in [1.165, 1.54) is 22.2 Å². The molecular weight excluding hydrogens is 358 g/mol. The highest BCUT2D eigenvalue weighted by Crippen LogP contribution is 2.33. The van der Waals surface area contributed by atoms with Crippen LogP contribution >= 0.6 is 11.3 Å². The van der Waals surface area contributed by atoms with Crippen molar-refractivity contribution in [3.63, 3.8) is 0 Å². The second-order valence-electron chi connectivity index (χ2n) is 7.33. The summed E-state index contributed by atoms with van der Waals surface area (Å²) in [7, 11) is 0. The van der Waals surface area contributed by atoms with Crippen LogP contribution in [0.1, 0.15) is 47.4 Å². The molecule has 0 saturated carbocycles. The van der Waals surface area contributed by atoms with Crippen LogP contribution in [0.25, 0.3) is 10.2 Å². The van der Waals surface area contributed by atoms with Gasteiger partial charge in [0.1, 0.15) is 10.9 Å². The summed E-state index contributed by atoms with van der Waals surface area (Å²) in [6, 6.07) is 5.26. The molecule has 1 unspecified atom stereocenters. The molecule has 0 aliphatic heterocycles. The molecule has 1 aliphatic carbocycles. The quantitative estimate of drug-likeness (QED) is 0.741. The molecule has 1 amide bonds. The molecule has 1 N–H and O–H groups in total. The Hall–Kier alpha value is -2.47. The molecule has 27 heavy (non-hydrogen) atoms. The third-order valence-electron chi connectivity index (χ3n) is 5.34. The summed E-state index contributed by atoms with van der Waals surface area (Å²) in [5, 5.41) is 3.65. The molecule has 1 atom stereocenters. The number of nitrogens with zero attached hydrogens (tertiary/aromatic N) is 2. The Labute approximate surface area is 162 Å². The van der Waals surface area contributed by atoms with E-state index in [9.17, 15) is 9.59 Å². The van der Waals surface area contributed by atoms with Gasteiger partial charge >= 0.3 is 0 Å². The Kier molecular flexibility index (Phi) is 4.60. The number of amides is 1. The van der Waals surface area contributed by atoms with Gasteiger partial charge < -0.3 is 5.32 Å². The van der Waals surface area contributed by atoms with E-state index in [0.29, 0.717) is 5.39 Å². The van der Waals surface area contributed by atoms with E-state index in [-0.39, 0.29) is 11.5 Å². The van der Waals surface area contributed by atoms with Crippen LogP contribution < -0.4 is 10.9 Å². The summed E-state index contributed by atoms with van der Waals surface area (Å²) >= 11 is 1.62. The van der Waals surface area contributed by atoms with Crippen molar-refractivity contribution in [2.45, 2.75) is 52.5 Å². The minimum Gasteiger partial charge on any atom is -0.324 e. The number of fused-ring (bicyclic) bond motifs is 3. The second-order valence-corrected chi connectivity index (χ2v) is 8.42. The summed E-state index contributed by atoms with van der Waals surface area (Å²) in [4.78, 5) is 32.5. The van der Waals surface area contributed by atoms with E-state index in [2.05, 4.69) is 10.3 Å². The number of nitrogens with one attached hydrogen (secondary N) is 1. The van der Waals surface area contributed by atoms with Crippen LogP contribution in [-0.2, 0) is 17.6 Å². The summed E-state index contributed by atoms with van der Waals surface area (Å²) in [5.74, 6) is -0.214. The van der Waals surface area contributed by atoms with E-state index in [4.69, 9.17) is 0 Å². The van der Waals surface area contributed by atoms with Gasteiger partial charge in [0.25, 0.3) is 5.56 Å². The zero-order valence-corrected chi connectivity index (χ0v) is 16.7. The van der Waals surface area contributed by atoms with Gasteiger partial charge in [-0.05, 0) is 63.6 Å². The second kappa shape index (κ2) is 6.93. The number of rotatable bonds is 3. The van der Waals surface area contributed by atoms with E-state index in [1.807, 2.05) is 32.0 Å². The molecular formula is C21H23N3O2S. The standard InChI is InChI=1S/C21H23N3O2S/c1-12-8-9-16(13(2)10-12)23-19(25)14(3)24-11-22-20-18(21(24)26)15-6-4-5-7-17(15)27-20/h8-11,14H,4-7H2,1-3H3,(H,23,25). The maximum Gasteiger partial charge on any atom is 0.263 e. The molecule has 140 valence electrons. The first-order chi connectivity index (χ1) is 13.0. The Bertz CT molecular complexity index is 1100. The predicted molar refractivity (Wildman–Crippen MR) is 110 cm³/mol. The molecule has 2 heterocycles. The highest BCUT2D eigenvalue weighted by molar-refractivity contribution is 7.18. The normalized spacial score (nSPS) is 14.8. The highest BCUT2D eigenvalue weighted by atomic mass is 32.1. The average Bonchev–Trinajstić information content (AvgIpc) is 3.03. The Balaban J connectivity index is 1.68. The first-order valence-corrected chi connectivity index (χ1v) is 10.2. The zero-order valence-electron chi connectivity index (χ0n) is 15.8. The van der Waals surface area contributed by atoms with Crippen LogP contribution in [0.5, 0.6) is 0 Å². The zero-order chi connectivity index (χ0) is 19.1. The van der Waals surface area contributed by atoms with Crippen molar-refractivity contribution >= 4 is 33.1 Å². The lowest BCUT2D eigenvalue weighted by molar-refractivity contribution is -0.118. The first kappa shape index (κ1) is 17.9. The lowest BCUT2D eigenvalue weighted by atomic mass is 9.97. The molecule has 1 aromatic carbocycles. The number of carbonyl (C=O) groups is 1. The number of carbonyl (C=O) groups excluding carboxylic acids is 1. The fraction of sp³-hybridized carbons (Fsp3) is 0.381. The van der Waals surface area contributed by atoms with Crippen molar-refractivity contribution in [1.29, 1.82) is 0 Å². The number of aryl methyl sites for hydroxylation is 4. The van der Waals surface area contributed by atoms with Crippen molar-refractivity contribution in [3.8, 4) is 0 Å². The summed E-state index contributed by atoms with van der Waals surface area (Å²) in [6.45, 7) is 5.72. The van der Waals surface area contributed by atoms with Gasteiger partial charge in [-0.15, -0.1) is 11.3 Å². The lowest BCUT2D eigenvalue weighted by Gasteiger charge is -2.16. The number of hydrogen-bond acceptors (Lipinski definition) is 4. The van der Waals surface area contributed by atoms with Crippen LogP contribution in [0.3, 0.4) is 0 Å². The van der Waals surface area contributed by atoms with Crippen LogP contribution in [0.4, 0.5) is 5.69 Å². The van der Waals surface area contributed by atoms with Gasteiger partial charge in [-0.1, -0.05) is 17.7 Å². The molecule has 5 nitrogen and oxygen atoms in total. The van der Waals surface area contributed by atoms with E-state index in [1.54, 1.807) is 18.3 Å². The third kappa shape index (κ3) is 3.18. The Morgan fingerprint density at radius 1 is 1.26 bits per heavy atom. The SMILES string of the molecule is Cc1ccc(NC(=O)C(C)n2cnc3sc4c(c3c2=O)CCCC4)c(C)c1. The molecule has 0 radical (unpaired) electrons. The average molecular weight is 382 g/mol. The smallest absolute Gasteiger partial charge is 0.263 e. The lowest BCUT2D eigenvalue weighted by Crippen LogP contribution is -2.32. The summed E-state index contributed by atoms with van der Waals surface area (Å²) in [6.07, 6.45) is 5.75. The summed E-state index contributed by atoms with van der Waals surface area (Å²) in [5.41, 5.74) is 3.96. The monoisotopic (exact) mass is 381 g/mol. The largest absolute Gasteiger partial charge is 0.324 e. The molecule has 0 saturated heterocycles. The van der Waals surface area contributed by atoms with Crippen molar-refractivity contribution in [3.05, 3.63) is 56.4 Å².